The molecule has 3 aromatic rings. The Hall–Kier alpha value is -3.14. The lowest BCUT2D eigenvalue weighted by atomic mass is 9.91. The van der Waals surface area contributed by atoms with Crippen LogP contribution in [0.4, 0.5) is 5.69 Å². The van der Waals surface area contributed by atoms with Gasteiger partial charge in [0.25, 0.3) is 11.8 Å². The van der Waals surface area contributed by atoms with Crippen molar-refractivity contribution in [2.75, 3.05) is 4.90 Å². The van der Waals surface area contributed by atoms with Gasteiger partial charge in [0, 0.05) is 16.5 Å². The average molecular weight is 315 g/mol. The van der Waals surface area contributed by atoms with Gasteiger partial charge in [-0.3, -0.25) is 9.59 Å². The number of carbonyl (C=O) groups is 2. The van der Waals surface area contributed by atoms with E-state index >= 15 is 0 Å². The number of hydrogen-bond acceptors (Lipinski definition) is 3. The Balaban J connectivity index is 1.79. The van der Waals surface area contributed by atoms with Gasteiger partial charge in [-0.05, 0) is 65.8 Å². The fourth-order valence-electron chi connectivity index (χ4n) is 3.85. The van der Waals surface area contributed by atoms with Gasteiger partial charge in [0.1, 0.15) is 5.75 Å². The fraction of sp³-hybridized carbons (Fsp3) is 0.100. The molecule has 0 saturated heterocycles. The summed E-state index contributed by atoms with van der Waals surface area (Å²) in [7, 11) is 0. The van der Waals surface area contributed by atoms with Crippen molar-refractivity contribution in [3.8, 4) is 5.75 Å². The van der Waals surface area contributed by atoms with E-state index in [1.54, 1.807) is 12.1 Å². The number of phenols is 1. The molecule has 4 heteroatoms. The molecule has 0 spiro atoms. The van der Waals surface area contributed by atoms with E-state index in [1.807, 2.05) is 24.3 Å². The Morgan fingerprint density at radius 3 is 1.79 bits per heavy atom. The minimum absolute atomic E-state index is 0.0957. The Kier molecular flexibility index (Phi) is 2.47. The standard InChI is InChI=1S/C20H13NO3/c22-14-7-5-13(6-8-14)21-19(23)15-9-3-11-1-2-12-4-10-16(20(21)24)18(15)17(11)12/h3-10,22H,1-2H2. The lowest BCUT2D eigenvalue weighted by Crippen LogP contribution is -2.40. The van der Waals surface area contributed by atoms with Crippen LogP contribution < -0.4 is 4.90 Å². The number of anilines is 1. The predicted octanol–water partition coefficient (Wildman–Crippen LogP) is 3.44. The van der Waals surface area contributed by atoms with E-state index in [2.05, 4.69) is 0 Å². The van der Waals surface area contributed by atoms with Crippen LogP contribution in [-0.4, -0.2) is 16.9 Å². The number of imide groups is 1. The first-order chi connectivity index (χ1) is 11.6. The second-order valence-corrected chi connectivity index (χ2v) is 6.26. The molecule has 1 aliphatic carbocycles. The number of aryl methyl sites for hydroxylation is 2. The highest BCUT2D eigenvalue weighted by Crippen LogP contribution is 2.39. The van der Waals surface area contributed by atoms with Crippen molar-refractivity contribution in [3.05, 3.63) is 70.8 Å². The van der Waals surface area contributed by atoms with E-state index in [4.69, 9.17) is 0 Å². The first kappa shape index (κ1) is 13.3. The van der Waals surface area contributed by atoms with Crippen LogP contribution in [0.1, 0.15) is 31.8 Å². The molecular formula is C20H13NO3. The molecule has 0 aromatic heterocycles. The lowest BCUT2D eigenvalue weighted by Gasteiger charge is -2.27. The van der Waals surface area contributed by atoms with Crippen molar-refractivity contribution in [2.45, 2.75) is 12.8 Å². The third kappa shape index (κ3) is 1.57. The Labute approximate surface area is 137 Å². The minimum atomic E-state index is -0.311. The SMILES string of the molecule is O=C1c2ccc3c4c(ccc(c24)C(=O)N1c1ccc(O)cc1)CC3. The molecule has 24 heavy (non-hydrogen) atoms. The number of nitrogens with zero attached hydrogens (tertiary/aromatic N) is 1. The van der Waals surface area contributed by atoms with Crippen molar-refractivity contribution in [1.29, 1.82) is 0 Å². The van der Waals surface area contributed by atoms with Crippen LogP contribution in [0.15, 0.2) is 48.5 Å². The van der Waals surface area contributed by atoms with Crippen LogP contribution in [0.3, 0.4) is 0 Å². The summed E-state index contributed by atoms with van der Waals surface area (Å²) >= 11 is 0. The molecule has 0 fully saturated rings. The van der Waals surface area contributed by atoms with Gasteiger partial charge in [-0.25, -0.2) is 4.90 Å². The number of carbonyl (C=O) groups excluding carboxylic acids is 2. The van der Waals surface area contributed by atoms with E-state index in [9.17, 15) is 14.7 Å². The summed E-state index contributed by atoms with van der Waals surface area (Å²) < 4.78 is 0. The van der Waals surface area contributed by atoms with Crippen molar-refractivity contribution in [2.24, 2.45) is 0 Å². The molecule has 1 N–H and O–H groups in total. The first-order valence-corrected chi connectivity index (χ1v) is 7.90. The Bertz CT molecular complexity index is 992. The fourth-order valence-corrected chi connectivity index (χ4v) is 3.85. The van der Waals surface area contributed by atoms with Gasteiger partial charge in [0.05, 0.1) is 5.69 Å². The number of rotatable bonds is 1. The summed E-state index contributed by atoms with van der Waals surface area (Å²) in [6, 6.07) is 13.8. The molecule has 2 aliphatic rings. The lowest BCUT2D eigenvalue weighted by molar-refractivity contribution is 0.0893. The van der Waals surface area contributed by atoms with Crippen LogP contribution in [0, 0.1) is 0 Å². The summed E-state index contributed by atoms with van der Waals surface area (Å²) in [4.78, 5) is 27.2. The van der Waals surface area contributed by atoms with Crippen molar-refractivity contribution >= 4 is 28.3 Å². The second kappa shape index (κ2) is 4.45. The van der Waals surface area contributed by atoms with E-state index in [1.165, 1.54) is 28.2 Å². The molecule has 0 bridgehead atoms. The molecule has 0 unspecified atom stereocenters. The summed E-state index contributed by atoms with van der Waals surface area (Å²) in [6.07, 6.45) is 1.92. The van der Waals surface area contributed by atoms with Gasteiger partial charge in [-0.1, -0.05) is 12.1 Å². The normalized spacial score (nSPS) is 15.4. The molecule has 116 valence electrons. The van der Waals surface area contributed by atoms with Gasteiger partial charge in [-0.2, -0.15) is 0 Å². The Morgan fingerprint density at radius 1 is 0.708 bits per heavy atom. The van der Waals surface area contributed by atoms with Crippen LogP contribution in [0.5, 0.6) is 5.75 Å². The number of phenolic OH excluding ortho intramolecular Hbond substituents is 1. The quantitative estimate of drug-likeness (QED) is 0.700. The molecular weight excluding hydrogens is 302 g/mol. The van der Waals surface area contributed by atoms with E-state index in [-0.39, 0.29) is 17.6 Å². The second-order valence-electron chi connectivity index (χ2n) is 6.26. The van der Waals surface area contributed by atoms with Gasteiger partial charge >= 0.3 is 0 Å². The van der Waals surface area contributed by atoms with Gasteiger partial charge in [-0.15, -0.1) is 0 Å². The zero-order chi connectivity index (χ0) is 16.4. The van der Waals surface area contributed by atoms with Crippen molar-refractivity contribution < 1.29 is 14.7 Å². The number of hydrogen-bond donors (Lipinski definition) is 1. The van der Waals surface area contributed by atoms with E-state index in [0.717, 1.165) is 23.6 Å². The number of amides is 2. The molecule has 0 saturated carbocycles. The monoisotopic (exact) mass is 315 g/mol. The molecule has 0 atom stereocenters. The molecule has 5 rings (SSSR count). The van der Waals surface area contributed by atoms with Crippen molar-refractivity contribution in [1.82, 2.24) is 0 Å². The smallest absolute Gasteiger partial charge is 0.265 e. The third-order valence-electron chi connectivity index (χ3n) is 4.97. The summed E-state index contributed by atoms with van der Waals surface area (Å²) in [5, 5.41) is 11.3. The molecule has 4 nitrogen and oxygen atoms in total. The molecule has 3 aromatic carbocycles. The number of benzene rings is 3. The topological polar surface area (TPSA) is 57.6 Å². The largest absolute Gasteiger partial charge is 0.508 e. The maximum Gasteiger partial charge on any atom is 0.265 e. The maximum absolute atomic E-state index is 13.0. The van der Waals surface area contributed by atoms with Crippen LogP contribution in [0.25, 0.3) is 10.8 Å². The maximum atomic E-state index is 13.0. The average Bonchev–Trinajstić information content (AvgIpc) is 3.01. The summed E-state index contributed by atoms with van der Waals surface area (Å²) in [5.74, 6) is -0.527. The molecule has 1 aliphatic heterocycles. The zero-order valence-electron chi connectivity index (χ0n) is 12.7. The minimum Gasteiger partial charge on any atom is -0.508 e. The van der Waals surface area contributed by atoms with Gasteiger partial charge in [0.15, 0.2) is 0 Å². The van der Waals surface area contributed by atoms with Crippen LogP contribution >= 0.6 is 0 Å². The molecule has 0 radical (unpaired) electrons. The van der Waals surface area contributed by atoms with Crippen LogP contribution in [0.2, 0.25) is 0 Å². The highest BCUT2D eigenvalue weighted by atomic mass is 16.3. The molecule has 1 heterocycles. The van der Waals surface area contributed by atoms with Gasteiger partial charge < -0.3 is 5.11 Å². The highest BCUT2D eigenvalue weighted by Gasteiger charge is 2.35. The van der Waals surface area contributed by atoms with Crippen molar-refractivity contribution in [3.63, 3.8) is 0 Å². The summed E-state index contributed by atoms with van der Waals surface area (Å²) in [6.45, 7) is 0. The number of aromatic hydroxyl groups is 1. The highest BCUT2D eigenvalue weighted by molar-refractivity contribution is 6.36. The first-order valence-electron chi connectivity index (χ1n) is 7.90. The Morgan fingerprint density at radius 2 is 1.25 bits per heavy atom. The van der Waals surface area contributed by atoms with Crippen LogP contribution in [-0.2, 0) is 12.8 Å². The predicted molar refractivity (Wildman–Crippen MR) is 90.6 cm³/mol. The summed E-state index contributed by atoms with van der Waals surface area (Å²) in [5.41, 5.74) is 4.03. The third-order valence-corrected chi connectivity index (χ3v) is 4.97. The van der Waals surface area contributed by atoms with E-state index < -0.39 is 0 Å². The molecule has 2 amide bonds. The zero-order valence-corrected chi connectivity index (χ0v) is 12.7. The van der Waals surface area contributed by atoms with Gasteiger partial charge in [0.2, 0.25) is 0 Å². The van der Waals surface area contributed by atoms with E-state index in [0.29, 0.717) is 16.8 Å².